The summed E-state index contributed by atoms with van der Waals surface area (Å²) in [6.07, 6.45) is 0. The van der Waals surface area contributed by atoms with Crippen molar-refractivity contribution in [2.24, 2.45) is 0 Å². The molecule has 0 aliphatic heterocycles. The van der Waals surface area contributed by atoms with Gasteiger partial charge >= 0.3 is 0 Å². The van der Waals surface area contributed by atoms with E-state index in [4.69, 9.17) is 15.0 Å². The molecule has 0 atom stereocenters. The fourth-order valence-electron chi connectivity index (χ4n) is 6.82. The lowest BCUT2D eigenvalue weighted by Gasteiger charge is -2.18. The zero-order valence-electron chi connectivity index (χ0n) is 26.1. The molecule has 0 saturated carbocycles. The molecule has 0 N–H and O–H groups in total. The molecule has 0 radical (unpaired) electrons. The van der Waals surface area contributed by atoms with Crippen LogP contribution < -0.4 is 0 Å². The number of benzene rings is 8. The van der Waals surface area contributed by atoms with E-state index in [1.54, 1.807) is 0 Å². The fraction of sp³-hybridized carbons (Fsp3) is 0. The average Bonchev–Trinajstić information content (AvgIpc) is 3.17. The van der Waals surface area contributed by atoms with Crippen LogP contribution in [0.1, 0.15) is 0 Å². The summed E-state index contributed by atoms with van der Waals surface area (Å²) in [5, 5.41) is 7.28. The standard InChI is InChI=1S/C45H29N3/c1-3-14-31(15-4-1)41-37-19-9-11-21-39(37)42(40-22-12-10-20-38(40)41)32-24-26-34(27-25-32)44-46-43(33-16-5-2-6-17-33)47-45(48-44)36-28-23-30-13-7-8-18-35(30)29-36/h1-29H. The third-order valence-corrected chi connectivity index (χ3v) is 9.10. The number of nitrogens with zero attached hydrogens (tertiary/aromatic N) is 3. The lowest BCUT2D eigenvalue weighted by Crippen LogP contribution is -2.00. The Morgan fingerprint density at radius 3 is 1.15 bits per heavy atom. The van der Waals surface area contributed by atoms with Gasteiger partial charge in [0.2, 0.25) is 0 Å². The Bertz CT molecular complexity index is 2540. The molecule has 0 bridgehead atoms. The van der Waals surface area contributed by atoms with Crippen molar-refractivity contribution in [1.82, 2.24) is 15.0 Å². The molecule has 0 aliphatic carbocycles. The van der Waals surface area contributed by atoms with Crippen LogP contribution in [-0.4, -0.2) is 15.0 Å². The van der Waals surface area contributed by atoms with Crippen molar-refractivity contribution in [3.63, 3.8) is 0 Å². The van der Waals surface area contributed by atoms with E-state index in [-0.39, 0.29) is 0 Å². The summed E-state index contributed by atoms with van der Waals surface area (Å²) in [7, 11) is 0. The molecule has 1 aromatic heterocycles. The SMILES string of the molecule is c1ccc(-c2nc(-c3ccc(-c4c5ccccc5c(-c5ccccc5)c5ccccc45)cc3)nc(-c3ccc4ccccc4c3)n2)cc1. The minimum Gasteiger partial charge on any atom is -0.208 e. The number of fused-ring (bicyclic) bond motifs is 3. The van der Waals surface area contributed by atoms with Crippen molar-refractivity contribution < 1.29 is 0 Å². The second-order valence-corrected chi connectivity index (χ2v) is 12.0. The Morgan fingerprint density at radius 2 is 0.604 bits per heavy atom. The summed E-state index contributed by atoms with van der Waals surface area (Å²) < 4.78 is 0. The quantitative estimate of drug-likeness (QED) is 0.182. The Labute approximate surface area is 278 Å². The van der Waals surface area contributed by atoms with E-state index >= 15 is 0 Å². The van der Waals surface area contributed by atoms with Crippen molar-refractivity contribution in [1.29, 1.82) is 0 Å². The molecule has 3 heteroatoms. The number of hydrogen-bond donors (Lipinski definition) is 0. The topological polar surface area (TPSA) is 38.7 Å². The average molecular weight is 612 g/mol. The third-order valence-electron chi connectivity index (χ3n) is 9.10. The molecule has 3 nitrogen and oxygen atoms in total. The predicted octanol–water partition coefficient (Wildman–Crippen LogP) is 11.7. The van der Waals surface area contributed by atoms with Crippen LogP contribution in [0.3, 0.4) is 0 Å². The van der Waals surface area contributed by atoms with E-state index in [0.29, 0.717) is 17.5 Å². The normalized spacial score (nSPS) is 11.3. The van der Waals surface area contributed by atoms with Crippen LogP contribution in [0.2, 0.25) is 0 Å². The summed E-state index contributed by atoms with van der Waals surface area (Å²) in [4.78, 5) is 15.0. The number of aromatic nitrogens is 3. The molecule has 0 unspecified atom stereocenters. The van der Waals surface area contributed by atoms with E-state index < -0.39 is 0 Å². The van der Waals surface area contributed by atoms with Gasteiger partial charge in [-0.2, -0.15) is 0 Å². The van der Waals surface area contributed by atoms with Crippen LogP contribution in [0.15, 0.2) is 176 Å². The van der Waals surface area contributed by atoms with E-state index in [9.17, 15) is 0 Å². The first kappa shape index (κ1) is 27.8. The van der Waals surface area contributed by atoms with Gasteiger partial charge in [0, 0.05) is 16.7 Å². The largest absolute Gasteiger partial charge is 0.208 e. The summed E-state index contributed by atoms with van der Waals surface area (Å²) in [6.45, 7) is 0. The minimum absolute atomic E-state index is 0.646. The molecule has 8 aromatic carbocycles. The Hall–Kier alpha value is -6.45. The van der Waals surface area contributed by atoms with Crippen molar-refractivity contribution in [2.75, 3.05) is 0 Å². The van der Waals surface area contributed by atoms with E-state index in [2.05, 4.69) is 146 Å². The van der Waals surface area contributed by atoms with Gasteiger partial charge in [-0.05, 0) is 60.6 Å². The Morgan fingerprint density at radius 1 is 0.250 bits per heavy atom. The van der Waals surface area contributed by atoms with Crippen LogP contribution in [-0.2, 0) is 0 Å². The Balaban J connectivity index is 1.20. The van der Waals surface area contributed by atoms with Gasteiger partial charge in [0.05, 0.1) is 0 Å². The molecule has 1 heterocycles. The maximum absolute atomic E-state index is 5.03. The molecule has 0 saturated heterocycles. The fourth-order valence-corrected chi connectivity index (χ4v) is 6.82. The summed E-state index contributed by atoms with van der Waals surface area (Å²) in [5.41, 5.74) is 7.72. The van der Waals surface area contributed by atoms with E-state index in [0.717, 1.165) is 27.6 Å². The van der Waals surface area contributed by atoms with Crippen LogP contribution in [0, 0.1) is 0 Å². The zero-order chi connectivity index (χ0) is 31.9. The van der Waals surface area contributed by atoms with Crippen molar-refractivity contribution >= 4 is 32.3 Å². The van der Waals surface area contributed by atoms with Gasteiger partial charge in [0.1, 0.15) is 0 Å². The van der Waals surface area contributed by atoms with E-state index in [1.807, 2.05) is 30.3 Å². The number of hydrogen-bond acceptors (Lipinski definition) is 3. The lowest BCUT2D eigenvalue weighted by molar-refractivity contribution is 1.07. The summed E-state index contributed by atoms with van der Waals surface area (Å²) in [5.74, 6) is 1.95. The van der Waals surface area contributed by atoms with Crippen molar-refractivity contribution in [2.45, 2.75) is 0 Å². The van der Waals surface area contributed by atoms with Gasteiger partial charge in [0.25, 0.3) is 0 Å². The van der Waals surface area contributed by atoms with Crippen molar-refractivity contribution in [3.8, 4) is 56.4 Å². The predicted molar refractivity (Wildman–Crippen MR) is 200 cm³/mol. The van der Waals surface area contributed by atoms with Gasteiger partial charge in [-0.15, -0.1) is 0 Å². The maximum atomic E-state index is 5.03. The highest BCUT2D eigenvalue weighted by atomic mass is 15.0. The monoisotopic (exact) mass is 611 g/mol. The van der Waals surface area contributed by atoms with Crippen molar-refractivity contribution in [3.05, 3.63) is 176 Å². The van der Waals surface area contributed by atoms with Crippen LogP contribution >= 0.6 is 0 Å². The summed E-state index contributed by atoms with van der Waals surface area (Å²) >= 11 is 0. The lowest BCUT2D eigenvalue weighted by atomic mass is 9.86. The second kappa shape index (κ2) is 11.7. The molecule has 0 aliphatic rings. The molecular weight excluding hydrogens is 583 g/mol. The summed E-state index contributed by atoms with van der Waals surface area (Å²) in [6, 6.07) is 61.7. The first-order valence-corrected chi connectivity index (χ1v) is 16.2. The molecule has 224 valence electrons. The van der Waals surface area contributed by atoms with Gasteiger partial charge < -0.3 is 0 Å². The molecule has 0 fully saturated rings. The smallest absolute Gasteiger partial charge is 0.164 e. The van der Waals surface area contributed by atoms with Gasteiger partial charge in [-0.1, -0.05) is 170 Å². The molecule has 0 amide bonds. The third kappa shape index (κ3) is 4.90. The second-order valence-electron chi connectivity index (χ2n) is 12.0. The maximum Gasteiger partial charge on any atom is 0.164 e. The molecule has 0 spiro atoms. The first-order chi connectivity index (χ1) is 23.8. The Kier molecular flexibility index (Phi) is 6.80. The first-order valence-electron chi connectivity index (χ1n) is 16.2. The van der Waals surface area contributed by atoms with Gasteiger partial charge in [0.15, 0.2) is 17.5 Å². The minimum atomic E-state index is 0.646. The highest BCUT2D eigenvalue weighted by molar-refractivity contribution is 6.21. The van der Waals surface area contributed by atoms with Crippen LogP contribution in [0.25, 0.3) is 88.7 Å². The molecule has 9 rings (SSSR count). The molecule has 9 aromatic rings. The zero-order valence-corrected chi connectivity index (χ0v) is 26.1. The van der Waals surface area contributed by atoms with E-state index in [1.165, 1.54) is 43.6 Å². The molecule has 48 heavy (non-hydrogen) atoms. The van der Waals surface area contributed by atoms with Crippen LogP contribution in [0.5, 0.6) is 0 Å². The highest BCUT2D eigenvalue weighted by Crippen LogP contribution is 2.43. The van der Waals surface area contributed by atoms with Gasteiger partial charge in [-0.25, -0.2) is 15.0 Å². The number of rotatable bonds is 5. The molecular formula is C45H29N3. The highest BCUT2D eigenvalue weighted by Gasteiger charge is 2.17. The van der Waals surface area contributed by atoms with Gasteiger partial charge in [-0.3, -0.25) is 0 Å². The van der Waals surface area contributed by atoms with Crippen LogP contribution in [0.4, 0.5) is 0 Å².